The third kappa shape index (κ3) is 21.6. The Kier molecular flexibility index (Phi) is 22.1. The maximum Gasteiger partial charge on any atom is 0.0632 e. The molecule has 0 amide bonds. The van der Waals surface area contributed by atoms with Crippen LogP contribution in [0.4, 0.5) is 0 Å². The quantitative estimate of drug-likeness (QED) is 0.142. The van der Waals surface area contributed by atoms with Crippen molar-refractivity contribution in [2.24, 2.45) is 0 Å². The zero-order chi connectivity index (χ0) is 86.3. The van der Waals surface area contributed by atoms with E-state index in [1.807, 2.05) is 20.8 Å². The van der Waals surface area contributed by atoms with E-state index in [9.17, 15) is 2.74 Å². The Hall–Kier alpha value is -6.24. The number of rotatable bonds is 8. The molecule has 12 rings (SSSR count). The highest BCUT2D eigenvalue weighted by molar-refractivity contribution is 5.83. The zero-order valence-electron chi connectivity index (χ0n) is 81.7. The van der Waals surface area contributed by atoms with Crippen LogP contribution < -0.4 is 0 Å². The van der Waals surface area contributed by atoms with Gasteiger partial charge in [0.1, 0.15) is 0 Å². The molecule has 0 radical (unpaired) electrons. The maximum absolute atomic E-state index is 9.20. The van der Waals surface area contributed by atoms with Crippen LogP contribution >= 0.6 is 0 Å². The van der Waals surface area contributed by atoms with Gasteiger partial charge in [-0.15, -0.1) is 0 Å². The first kappa shape index (κ1) is 68.1. The molecule has 4 aliphatic carbocycles. The standard InChI is InChI=1S/C38H54.C23H24.2C22H34/c1-34(2,3)27-19-25(20-28(23-27)35(4,5)6)31-17-16-18-32(33(31)38(13,14)15)26-21-29(36(7,8)9)24-30(22-26)37(10,11)12;1-17-10-8-13-19(16-17)21-15-9-14-20(22(21)23(2,3)4)18-11-6-5-7-12-18;2*1-22(2,3)21-19(17-11-6-4-7-12-17)15-10-16-20(21)18-13-8-5-9-14-18/h16-24H,1-15H3;5-16H,1-4H3;2*10,15-18H,4-9,11-14H2,1-3H3/i;5D,6D,7D,8D,10D,11D,12D,13D,16D;17D,18D;. The lowest BCUT2D eigenvalue weighted by molar-refractivity contribution is 0.420. The van der Waals surface area contributed by atoms with Crippen LogP contribution in [0.15, 0.2) is 164 Å². The monoisotopic (exact) mass is 1420 g/mol. The third-order valence-corrected chi connectivity index (χ3v) is 22.8. The van der Waals surface area contributed by atoms with Crippen molar-refractivity contribution in [1.29, 1.82) is 0 Å². The van der Waals surface area contributed by atoms with Crippen LogP contribution in [-0.4, -0.2) is 0 Å². The molecule has 0 spiro atoms. The van der Waals surface area contributed by atoms with Gasteiger partial charge in [0.15, 0.2) is 0 Å². The van der Waals surface area contributed by atoms with Gasteiger partial charge >= 0.3 is 0 Å². The molecule has 0 nitrogen and oxygen atoms in total. The fraction of sp³-hybridized carbons (Fsp3) is 0.543. The molecule has 0 aromatic heterocycles. The lowest BCUT2D eigenvalue weighted by Gasteiger charge is -2.35. The van der Waals surface area contributed by atoms with E-state index in [0.29, 0.717) is 16.7 Å². The molecule has 4 aliphatic rings. The molecule has 0 unspecified atom stereocenters. The summed E-state index contributed by atoms with van der Waals surface area (Å²) in [6, 6.07) is 37.7. The Morgan fingerprint density at radius 3 is 0.867 bits per heavy atom. The van der Waals surface area contributed by atoms with E-state index in [4.69, 9.17) is 12.3 Å². The predicted octanol–water partition coefficient (Wildman–Crippen LogP) is 32.3. The molecule has 0 saturated heterocycles. The summed E-state index contributed by atoms with van der Waals surface area (Å²) in [6.45, 7) is 56.4. The lowest BCUT2D eigenvalue weighted by atomic mass is 9.70. The number of hydrogen-bond donors (Lipinski definition) is 0. The summed E-state index contributed by atoms with van der Waals surface area (Å²) >= 11 is 0. The van der Waals surface area contributed by atoms with Crippen LogP contribution in [-0.2, 0) is 43.3 Å². The average Bonchev–Trinajstić information content (AvgIpc) is 0.735. The van der Waals surface area contributed by atoms with E-state index >= 15 is 0 Å². The Balaban J connectivity index is 0.000000180. The highest BCUT2D eigenvalue weighted by Crippen LogP contribution is 2.49. The normalized spacial score (nSPS) is 18.7. The predicted molar refractivity (Wildman–Crippen MR) is 465 cm³/mol. The van der Waals surface area contributed by atoms with E-state index < -0.39 is 35.3 Å². The fourth-order valence-corrected chi connectivity index (χ4v) is 17.3. The van der Waals surface area contributed by atoms with E-state index in [0.717, 1.165) is 37.5 Å². The molecule has 0 bridgehead atoms. The van der Waals surface area contributed by atoms with Crippen molar-refractivity contribution in [3.8, 4) is 44.5 Å². The van der Waals surface area contributed by atoms with E-state index in [2.05, 4.69) is 236 Å². The van der Waals surface area contributed by atoms with Crippen LogP contribution in [0, 0.1) is 6.92 Å². The van der Waals surface area contributed by atoms with Gasteiger partial charge in [-0.25, -0.2) is 0 Å². The molecule has 4 fully saturated rings. The van der Waals surface area contributed by atoms with Crippen LogP contribution in [0.2, 0.25) is 0 Å². The second-order valence-electron chi connectivity index (χ2n) is 40.1. The molecular weight excluding hydrogens is 1260 g/mol. The van der Waals surface area contributed by atoms with Crippen LogP contribution in [0.25, 0.3) is 44.5 Å². The second kappa shape index (κ2) is 34.1. The average molecular weight is 1420 g/mol. The first-order valence-electron chi connectivity index (χ1n) is 46.6. The number of benzene rings is 8. The van der Waals surface area contributed by atoms with Gasteiger partial charge in [-0.3, -0.25) is 0 Å². The van der Waals surface area contributed by atoms with E-state index in [1.54, 1.807) is 41.8 Å². The topological polar surface area (TPSA) is 0 Å². The highest BCUT2D eigenvalue weighted by atomic mass is 14.4. The summed E-state index contributed by atoms with van der Waals surface area (Å²) in [5.74, 6) is 0.766. The Bertz CT molecular complexity index is 4390. The van der Waals surface area contributed by atoms with Gasteiger partial charge in [-0.2, -0.15) is 0 Å². The zero-order valence-corrected chi connectivity index (χ0v) is 70.7. The van der Waals surface area contributed by atoms with Gasteiger partial charge in [-0.05, 0) is 237 Å². The minimum absolute atomic E-state index is 0.0110. The van der Waals surface area contributed by atoms with Crippen LogP contribution in [0.3, 0.4) is 0 Å². The van der Waals surface area contributed by atoms with Crippen molar-refractivity contribution in [2.45, 2.75) is 368 Å². The molecule has 566 valence electrons. The maximum atomic E-state index is 9.20. The summed E-state index contributed by atoms with van der Waals surface area (Å²) in [7, 11) is 0. The molecule has 8 aromatic rings. The van der Waals surface area contributed by atoms with Crippen LogP contribution in [0.1, 0.15) is 406 Å². The van der Waals surface area contributed by atoms with Crippen molar-refractivity contribution in [3.63, 3.8) is 0 Å². The number of hydrogen-bond acceptors (Lipinski definition) is 0. The van der Waals surface area contributed by atoms with Gasteiger partial charge in [0.05, 0.1) is 12.3 Å². The fourth-order valence-electron chi connectivity index (χ4n) is 17.3. The third-order valence-electron chi connectivity index (χ3n) is 22.8. The molecule has 0 atom stereocenters. The van der Waals surface area contributed by atoms with Crippen molar-refractivity contribution in [2.75, 3.05) is 0 Å². The molecule has 0 aliphatic heterocycles. The molecule has 0 N–H and O–H groups in total. The molecule has 0 heterocycles. The Labute approximate surface area is 660 Å². The molecule has 105 heavy (non-hydrogen) atoms. The van der Waals surface area contributed by atoms with Crippen LogP contribution in [0.5, 0.6) is 0 Å². The molecule has 4 saturated carbocycles. The summed E-state index contributed by atoms with van der Waals surface area (Å²) in [5, 5.41) is 0. The second-order valence-corrected chi connectivity index (χ2v) is 40.1. The smallest absolute Gasteiger partial charge is 0.0622 e. The SMILES string of the molecule is CC(C)(C)c1c(C2CCCCC2)cccc1C1CCCCC1.CC(C)(C)c1cc(-c2cccc(-c3cc(C(C)(C)C)cc(C(C)(C)C)c3)c2C(C)(C)C)cc(C(C)(C)C)c1.[2H]C1(c2cccc(C3([2H])CCCCC3)c2C(C)(C)C)CCCCC1.[2H]c1c([2H])c([2H])c(-c2cccc(-c3c([2H])c([2H])c([2H])c(C)c3[2H])c2C(C)(C)C)c([2H])c1[2H]. The van der Waals surface area contributed by atoms with Gasteiger partial charge in [0.2, 0.25) is 0 Å². The molecule has 8 aromatic carbocycles. The van der Waals surface area contributed by atoms with Gasteiger partial charge in [0.25, 0.3) is 0 Å². The van der Waals surface area contributed by atoms with Gasteiger partial charge < -0.3 is 0 Å². The summed E-state index contributed by atoms with van der Waals surface area (Å²) in [5.41, 5.74) is 23.3. The van der Waals surface area contributed by atoms with Gasteiger partial charge in [-0.1, -0.05) is 412 Å². The van der Waals surface area contributed by atoms with Crippen molar-refractivity contribution < 1.29 is 15.1 Å². The summed E-state index contributed by atoms with van der Waals surface area (Å²) in [4.78, 5) is 0. The Morgan fingerprint density at radius 2 is 0.543 bits per heavy atom. The van der Waals surface area contributed by atoms with Crippen molar-refractivity contribution in [1.82, 2.24) is 0 Å². The first-order chi connectivity index (χ1) is 53.5. The van der Waals surface area contributed by atoms with Gasteiger partial charge in [0, 0.05) is 2.74 Å². The highest BCUT2D eigenvalue weighted by Gasteiger charge is 2.34. The molecule has 0 heteroatoms. The first-order valence-corrected chi connectivity index (χ1v) is 41.1. The van der Waals surface area contributed by atoms with Crippen molar-refractivity contribution >= 4 is 0 Å². The summed E-state index contributed by atoms with van der Waals surface area (Å²) in [6.07, 6.45) is 25.4. The van der Waals surface area contributed by atoms with Crippen molar-refractivity contribution in [3.05, 3.63) is 236 Å². The minimum Gasteiger partial charge on any atom is -0.0622 e. The molecular formula is C105H146. The Morgan fingerprint density at radius 1 is 0.267 bits per heavy atom. The van der Waals surface area contributed by atoms with E-state index in [-0.39, 0.29) is 90.8 Å². The lowest BCUT2D eigenvalue weighted by Crippen LogP contribution is -2.22. The largest absolute Gasteiger partial charge is 0.0632 e. The summed E-state index contributed by atoms with van der Waals surface area (Å²) < 4.78 is 92.5. The van der Waals surface area contributed by atoms with E-state index in [1.165, 1.54) is 169 Å². The minimum atomic E-state index is -0.594.